The molecule has 1 aliphatic heterocycles. The molecule has 1 aliphatic rings. The second-order valence-electron chi connectivity index (χ2n) is 4.59. The van der Waals surface area contributed by atoms with Crippen molar-refractivity contribution in [2.45, 2.75) is 26.0 Å². The maximum Gasteiger partial charge on any atom is 0.0727 e. The van der Waals surface area contributed by atoms with Crippen molar-refractivity contribution < 1.29 is 4.21 Å². The summed E-state index contributed by atoms with van der Waals surface area (Å²) in [6.07, 6.45) is 0. The first-order valence-electron chi connectivity index (χ1n) is 5.75. The SMILES string of the molecule is Cc1cc(C)c(C2CNCCS2=O)c(C)c1. The molecule has 2 nitrogen and oxygen atoms in total. The summed E-state index contributed by atoms with van der Waals surface area (Å²) in [5.41, 5.74) is 5.13. The molecule has 1 aromatic rings. The summed E-state index contributed by atoms with van der Waals surface area (Å²) in [4.78, 5) is 0. The van der Waals surface area contributed by atoms with Gasteiger partial charge in [-0.2, -0.15) is 0 Å². The first-order valence-corrected chi connectivity index (χ1v) is 7.13. The lowest BCUT2D eigenvalue weighted by molar-refractivity contribution is 0.622. The minimum atomic E-state index is -0.719. The molecule has 16 heavy (non-hydrogen) atoms. The smallest absolute Gasteiger partial charge is 0.0727 e. The van der Waals surface area contributed by atoms with Crippen molar-refractivity contribution in [2.24, 2.45) is 0 Å². The maximum atomic E-state index is 12.1. The minimum Gasteiger partial charge on any atom is -0.314 e. The zero-order valence-electron chi connectivity index (χ0n) is 10.2. The third-order valence-corrected chi connectivity index (χ3v) is 4.83. The Morgan fingerprint density at radius 2 is 1.88 bits per heavy atom. The Balaban J connectivity index is 2.42. The molecule has 0 spiro atoms. The normalized spacial score (nSPS) is 25.7. The van der Waals surface area contributed by atoms with E-state index >= 15 is 0 Å². The van der Waals surface area contributed by atoms with Gasteiger partial charge in [0.2, 0.25) is 0 Å². The van der Waals surface area contributed by atoms with Gasteiger partial charge in [0, 0.05) is 29.6 Å². The molecule has 1 fully saturated rings. The van der Waals surface area contributed by atoms with Crippen molar-refractivity contribution in [1.29, 1.82) is 0 Å². The average Bonchev–Trinajstić information content (AvgIpc) is 2.19. The van der Waals surface area contributed by atoms with E-state index in [1.807, 2.05) is 0 Å². The molecule has 0 saturated carbocycles. The van der Waals surface area contributed by atoms with Crippen LogP contribution in [0.5, 0.6) is 0 Å². The Morgan fingerprint density at radius 3 is 2.44 bits per heavy atom. The molecule has 2 rings (SSSR count). The van der Waals surface area contributed by atoms with Gasteiger partial charge in [-0.05, 0) is 37.5 Å². The molecular formula is C13H19NOS. The van der Waals surface area contributed by atoms with Gasteiger partial charge in [0.05, 0.1) is 5.25 Å². The molecule has 1 N–H and O–H groups in total. The molecule has 0 amide bonds. The van der Waals surface area contributed by atoms with Crippen LogP contribution in [0.1, 0.15) is 27.5 Å². The fourth-order valence-corrected chi connectivity index (χ4v) is 4.14. The summed E-state index contributed by atoms with van der Waals surface area (Å²) in [5.74, 6) is 0.775. The molecule has 1 heterocycles. The highest BCUT2D eigenvalue weighted by atomic mass is 32.2. The molecule has 0 aromatic heterocycles. The van der Waals surface area contributed by atoms with Crippen LogP contribution in [0.25, 0.3) is 0 Å². The van der Waals surface area contributed by atoms with Crippen molar-refractivity contribution in [3.63, 3.8) is 0 Å². The predicted molar refractivity (Wildman–Crippen MR) is 69.3 cm³/mol. The lowest BCUT2D eigenvalue weighted by Gasteiger charge is -2.26. The van der Waals surface area contributed by atoms with Crippen LogP contribution < -0.4 is 5.32 Å². The van der Waals surface area contributed by atoms with Crippen molar-refractivity contribution in [1.82, 2.24) is 5.32 Å². The van der Waals surface area contributed by atoms with Gasteiger partial charge in [-0.3, -0.25) is 4.21 Å². The molecule has 2 atom stereocenters. The number of rotatable bonds is 1. The van der Waals surface area contributed by atoms with Crippen LogP contribution in [-0.2, 0) is 10.8 Å². The number of hydrogen-bond acceptors (Lipinski definition) is 2. The number of hydrogen-bond donors (Lipinski definition) is 1. The first kappa shape index (κ1) is 11.8. The molecule has 88 valence electrons. The molecule has 1 saturated heterocycles. The van der Waals surface area contributed by atoms with Crippen molar-refractivity contribution in [3.8, 4) is 0 Å². The standard InChI is InChI=1S/C13H19NOS/c1-9-6-10(2)13(11(3)7-9)12-8-14-4-5-16(12)15/h6-7,12,14H,4-5,8H2,1-3H3. The largest absolute Gasteiger partial charge is 0.314 e. The number of benzene rings is 1. The van der Waals surface area contributed by atoms with Gasteiger partial charge in [-0.1, -0.05) is 17.7 Å². The van der Waals surface area contributed by atoms with Crippen LogP contribution in [0.4, 0.5) is 0 Å². The molecule has 0 radical (unpaired) electrons. The predicted octanol–water partition coefficient (Wildman–Crippen LogP) is 2.00. The van der Waals surface area contributed by atoms with E-state index in [2.05, 4.69) is 38.2 Å². The van der Waals surface area contributed by atoms with Gasteiger partial charge < -0.3 is 5.32 Å². The highest BCUT2D eigenvalue weighted by molar-refractivity contribution is 7.85. The van der Waals surface area contributed by atoms with Gasteiger partial charge in [-0.15, -0.1) is 0 Å². The first-order chi connectivity index (χ1) is 7.59. The second kappa shape index (κ2) is 4.68. The van der Waals surface area contributed by atoms with E-state index in [9.17, 15) is 4.21 Å². The minimum absolute atomic E-state index is 0.175. The average molecular weight is 237 g/mol. The van der Waals surface area contributed by atoms with Crippen molar-refractivity contribution in [2.75, 3.05) is 18.8 Å². The van der Waals surface area contributed by atoms with Crippen LogP contribution >= 0.6 is 0 Å². The highest BCUT2D eigenvalue weighted by Gasteiger charge is 2.25. The van der Waals surface area contributed by atoms with E-state index < -0.39 is 10.8 Å². The van der Waals surface area contributed by atoms with Crippen LogP contribution in [0.2, 0.25) is 0 Å². The van der Waals surface area contributed by atoms with Gasteiger partial charge in [-0.25, -0.2) is 0 Å². The van der Waals surface area contributed by atoms with E-state index in [-0.39, 0.29) is 5.25 Å². The molecule has 2 unspecified atom stereocenters. The number of aryl methyl sites for hydroxylation is 3. The van der Waals surface area contributed by atoms with Crippen LogP contribution in [0.15, 0.2) is 12.1 Å². The molecule has 1 aromatic carbocycles. The lowest BCUT2D eigenvalue weighted by Crippen LogP contribution is -2.36. The van der Waals surface area contributed by atoms with Gasteiger partial charge in [0.1, 0.15) is 0 Å². The second-order valence-corrected chi connectivity index (χ2v) is 6.33. The highest BCUT2D eigenvalue weighted by Crippen LogP contribution is 2.28. The fourth-order valence-electron chi connectivity index (χ4n) is 2.57. The van der Waals surface area contributed by atoms with E-state index in [1.165, 1.54) is 22.3 Å². The monoisotopic (exact) mass is 237 g/mol. The Morgan fingerprint density at radius 1 is 1.25 bits per heavy atom. The molecular weight excluding hydrogens is 218 g/mol. The van der Waals surface area contributed by atoms with Gasteiger partial charge in [0.25, 0.3) is 0 Å². The molecule has 0 bridgehead atoms. The van der Waals surface area contributed by atoms with Crippen LogP contribution in [0, 0.1) is 20.8 Å². The van der Waals surface area contributed by atoms with Gasteiger partial charge >= 0.3 is 0 Å². The third-order valence-electron chi connectivity index (χ3n) is 3.19. The Hall–Kier alpha value is -0.670. The van der Waals surface area contributed by atoms with Crippen LogP contribution in [-0.4, -0.2) is 23.1 Å². The summed E-state index contributed by atoms with van der Waals surface area (Å²) in [7, 11) is -0.719. The zero-order chi connectivity index (χ0) is 11.7. The zero-order valence-corrected chi connectivity index (χ0v) is 11.0. The summed E-state index contributed by atoms with van der Waals surface area (Å²) in [6.45, 7) is 8.09. The summed E-state index contributed by atoms with van der Waals surface area (Å²) >= 11 is 0. The maximum absolute atomic E-state index is 12.1. The van der Waals surface area contributed by atoms with Crippen LogP contribution in [0.3, 0.4) is 0 Å². The fraction of sp³-hybridized carbons (Fsp3) is 0.538. The lowest BCUT2D eigenvalue weighted by atomic mass is 9.97. The van der Waals surface area contributed by atoms with Gasteiger partial charge in [0.15, 0.2) is 0 Å². The van der Waals surface area contributed by atoms with Crippen molar-refractivity contribution in [3.05, 3.63) is 34.4 Å². The van der Waals surface area contributed by atoms with E-state index in [1.54, 1.807) is 0 Å². The van der Waals surface area contributed by atoms with E-state index in [0.29, 0.717) is 0 Å². The molecule has 3 heteroatoms. The Kier molecular flexibility index (Phi) is 3.45. The topological polar surface area (TPSA) is 29.1 Å². The summed E-state index contributed by atoms with van der Waals surface area (Å²) < 4.78 is 12.1. The Labute approximate surface area is 99.9 Å². The number of nitrogens with one attached hydrogen (secondary N) is 1. The summed E-state index contributed by atoms with van der Waals surface area (Å²) in [6, 6.07) is 4.38. The Bertz CT molecular complexity index is 405. The molecule has 0 aliphatic carbocycles. The van der Waals surface area contributed by atoms with E-state index in [0.717, 1.165) is 18.8 Å². The van der Waals surface area contributed by atoms with Crippen molar-refractivity contribution >= 4 is 10.8 Å². The summed E-state index contributed by atoms with van der Waals surface area (Å²) in [5, 5.41) is 3.52. The quantitative estimate of drug-likeness (QED) is 0.809. The third kappa shape index (κ3) is 2.20. The van der Waals surface area contributed by atoms with E-state index in [4.69, 9.17) is 0 Å².